The molecule has 2 heteroatoms. The van der Waals surface area contributed by atoms with Crippen molar-refractivity contribution >= 4 is 0 Å². The van der Waals surface area contributed by atoms with Gasteiger partial charge in [0, 0.05) is 24.2 Å². The summed E-state index contributed by atoms with van der Waals surface area (Å²) in [5.74, 6) is 0. The van der Waals surface area contributed by atoms with Gasteiger partial charge in [0.15, 0.2) is 0 Å². The van der Waals surface area contributed by atoms with Gasteiger partial charge in [-0.05, 0) is 40.2 Å². The monoisotopic (exact) mass is 168 g/mol. The van der Waals surface area contributed by atoms with Gasteiger partial charge in [-0.1, -0.05) is 0 Å². The molecule has 1 spiro atoms. The summed E-state index contributed by atoms with van der Waals surface area (Å²) in [5.41, 5.74) is 0.883. The summed E-state index contributed by atoms with van der Waals surface area (Å²) in [6.45, 7) is 10.7. The molecule has 2 fully saturated rings. The zero-order valence-electron chi connectivity index (χ0n) is 8.48. The molecule has 70 valence electrons. The lowest BCUT2D eigenvalue weighted by Crippen LogP contribution is -2.59. The fourth-order valence-corrected chi connectivity index (χ4v) is 2.27. The molecule has 0 aliphatic carbocycles. The van der Waals surface area contributed by atoms with E-state index >= 15 is 0 Å². The Morgan fingerprint density at radius 3 is 2.17 bits per heavy atom. The van der Waals surface area contributed by atoms with Crippen molar-refractivity contribution in [3.8, 4) is 0 Å². The lowest BCUT2D eigenvalue weighted by atomic mass is 9.87. The van der Waals surface area contributed by atoms with E-state index in [1.165, 1.54) is 32.5 Å². The van der Waals surface area contributed by atoms with Gasteiger partial charge >= 0.3 is 0 Å². The summed E-state index contributed by atoms with van der Waals surface area (Å²) in [6.07, 6.45) is 2.74. The van der Waals surface area contributed by atoms with Crippen molar-refractivity contribution in [1.82, 2.24) is 10.2 Å². The van der Waals surface area contributed by atoms with Crippen molar-refractivity contribution in [2.24, 2.45) is 0 Å². The Morgan fingerprint density at radius 1 is 1.25 bits per heavy atom. The minimum atomic E-state index is 0.362. The number of nitrogens with zero attached hydrogens (tertiary/aromatic N) is 1. The van der Waals surface area contributed by atoms with Crippen molar-refractivity contribution in [2.75, 3.05) is 19.6 Å². The average molecular weight is 168 g/mol. The fraction of sp³-hybridized carbons (Fsp3) is 1.00. The first kappa shape index (κ1) is 8.52. The molecular weight excluding hydrogens is 148 g/mol. The van der Waals surface area contributed by atoms with Crippen LogP contribution >= 0.6 is 0 Å². The quantitative estimate of drug-likeness (QED) is 0.585. The first-order chi connectivity index (χ1) is 5.52. The van der Waals surface area contributed by atoms with Crippen LogP contribution in [0.3, 0.4) is 0 Å². The molecule has 1 N–H and O–H groups in total. The minimum absolute atomic E-state index is 0.362. The van der Waals surface area contributed by atoms with Gasteiger partial charge in [-0.3, -0.25) is 4.90 Å². The van der Waals surface area contributed by atoms with Gasteiger partial charge in [-0.2, -0.15) is 0 Å². The van der Waals surface area contributed by atoms with E-state index in [0.29, 0.717) is 11.1 Å². The Labute approximate surface area is 75.3 Å². The first-order valence-electron chi connectivity index (χ1n) is 5.02. The highest BCUT2D eigenvalue weighted by Crippen LogP contribution is 2.33. The van der Waals surface area contributed by atoms with Gasteiger partial charge in [0.05, 0.1) is 0 Å². The van der Waals surface area contributed by atoms with Crippen LogP contribution in [0.4, 0.5) is 0 Å². The third-order valence-corrected chi connectivity index (χ3v) is 3.41. The predicted molar refractivity (Wildman–Crippen MR) is 51.3 cm³/mol. The molecule has 0 bridgehead atoms. The summed E-state index contributed by atoms with van der Waals surface area (Å²) in [4.78, 5) is 2.60. The van der Waals surface area contributed by atoms with Gasteiger partial charge in [0.25, 0.3) is 0 Å². The molecule has 2 rings (SSSR count). The zero-order chi connectivity index (χ0) is 8.82. The van der Waals surface area contributed by atoms with Gasteiger partial charge in [-0.25, -0.2) is 0 Å². The van der Waals surface area contributed by atoms with E-state index in [1.54, 1.807) is 0 Å². The predicted octanol–water partition coefficient (Wildman–Crippen LogP) is 1.22. The van der Waals surface area contributed by atoms with Crippen LogP contribution in [0.15, 0.2) is 0 Å². The number of hydrogen-bond donors (Lipinski definition) is 1. The molecule has 12 heavy (non-hydrogen) atoms. The van der Waals surface area contributed by atoms with Crippen molar-refractivity contribution < 1.29 is 0 Å². The highest BCUT2D eigenvalue weighted by atomic mass is 15.3. The average Bonchev–Trinajstić information content (AvgIpc) is 2.26. The van der Waals surface area contributed by atoms with Crippen LogP contribution in [0.5, 0.6) is 0 Å². The maximum Gasteiger partial charge on any atom is 0.0333 e. The molecule has 2 saturated heterocycles. The van der Waals surface area contributed by atoms with E-state index in [4.69, 9.17) is 0 Å². The van der Waals surface area contributed by atoms with Crippen molar-refractivity contribution in [1.29, 1.82) is 0 Å². The molecule has 0 aromatic heterocycles. The van der Waals surface area contributed by atoms with Crippen molar-refractivity contribution in [3.05, 3.63) is 0 Å². The molecule has 2 heterocycles. The van der Waals surface area contributed by atoms with Gasteiger partial charge in [-0.15, -0.1) is 0 Å². The molecule has 0 saturated carbocycles. The fourth-order valence-electron chi connectivity index (χ4n) is 2.27. The Balaban J connectivity index is 1.98. The molecule has 0 radical (unpaired) electrons. The SMILES string of the molecule is CC(C)(C)N1CC[C@@]2(CCN2)C1. The third-order valence-electron chi connectivity index (χ3n) is 3.41. The van der Waals surface area contributed by atoms with E-state index in [9.17, 15) is 0 Å². The maximum absolute atomic E-state index is 3.58. The van der Waals surface area contributed by atoms with Crippen LogP contribution < -0.4 is 5.32 Å². The van der Waals surface area contributed by atoms with Crippen molar-refractivity contribution in [3.63, 3.8) is 0 Å². The van der Waals surface area contributed by atoms with Crippen LogP contribution in [0.2, 0.25) is 0 Å². The smallest absolute Gasteiger partial charge is 0.0333 e. The Kier molecular flexibility index (Phi) is 1.74. The minimum Gasteiger partial charge on any atom is -0.310 e. The van der Waals surface area contributed by atoms with Crippen LogP contribution in [-0.2, 0) is 0 Å². The summed E-state index contributed by atoms with van der Waals surface area (Å²) >= 11 is 0. The second-order valence-corrected chi connectivity index (χ2v) is 5.30. The Hall–Kier alpha value is -0.0800. The standard InChI is InChI=1S/C10H20N2/c1-9(2,3)12-7-5-10(8-12)4-6-11-10/h11H,4-8H2,1-3H3/t10-/m0/s1. The summed E-state index contributed by atoms with van der Waals surface area (Å²) in [6, 6.07) is 0. The van der Waals surface area contributed by atoms with E-state index in [2.05, 4.69) is 31.0 Å². The summed E-state index contributed by atoms with van der Waals surface area (Å²) in [7, 11) is 0. The molecular formula is C10H20N2. The normalized spacial score (nSPS) is 37.2. The third kappa shape index (κ3) is 1.27. The van der Waals surface area contributed by atoms with Crippen LogP contribution in [0, 0.1) is 0 Å². The Morgan fingerprint density at radius 2 is 1.92 bits per heavy atom. The van der Waals surface area contributed by atoms with E-state index in [1.807, 2.05) is 0 Å². The molecule has 0 aromatic carbocycles. The van der Waals surface area contributed by atoms with E-state index in [0.717, 1.165) is 0 Å². The number of likely N-dealkylation sites (tertiary alicyclic amines) is 1. The molecule has 0 amide bonds. The Bertz CT molecular complexity index is 177. The van der Waals surface area contributed by atoms with Crippen LogP contribution in [0.1, 0.15) is 33.6 Å². The lowest BCUT2D eigenvalue weighted by Gasteiger charge is -2.41. The van der Waals surface area contributed by atoms with E-state index in [-0.39, 0.29) is 0 Å². The lowest BCUT2D eigenvalue weighted by molar-refractivity contribution is 0.136. The molecule has 0 aromatic rings. The molecule has 2 aliphatic heterocycles. The van der Waals surface area contributed by atoms with Crippen LogP contribution in [-0.4, -0.2) is 35.6 Å². The van der Waals surface area contributed by atoms with Crippen LogP contribution in [0.25, 0.3) is 0 Å². The molecule has 2 nitrogen and oxygen atoms in total. The molecule has 2 aliphatic rings. The second kappa shape index (κ2) is 2.46. The second-order valence-electron chi connectivity index (χ2n) is 5.30. The molecule has 1 atom stereocenters. The van der Waals surface area contributed by atoms with Gasteiger partial charge < -0.3 is 5.32 Å². The summed E-state index contributed by atoms with van der Waals surface area (Å²) < 4.78 is 0. The topological polar surface area (TPSA) is 15.3 Å². The number of hydrogen-bond acceptors (Lipinski definition) is 2. The zero-order valence-corrected chi connectivity index (χ0v) is 8.48. The highest BCUT2D eigenvalue weighted by Gasteiger charge is 2.44. The largest absolute Gasteiger partial charge is 0.310 e. The van der Waals surface area contributed by atoms with E-state index < -0.39 is 0 Å². The van der Waals surface area contributed by atoms with Gasteiger partial charge in [0.2, 0.25) is 0 Å². The first-order valence-corrected chi connectivity index (χ1v) is 5.02. The molecule has 0 unspecified atom stereocenters. The van der Waals surface area contributed by atoms with Gasteiger partial charge in [0.1, 0.15) is 0 Å². The highest BCUT2D eigenvalue weighted by molar-refractivity contribution is 5.05. The van der Waals surface area contributed by atoms with Crippen molar-refractivity contribution in [2.45, 2.75) is 44.7 Å². The summed E-state index contributed by atoms with van der Waals surface area (Å²) in [5, 5.41) is 3.58. The number of rotatable bonds is 0. The maximum atomic E-state index is 3.58. The number of nitrogens with one attached hydrogen (secondary N) is 1.